The Hall–Kier alpha value is -2.49. The van der Waals surface area contributed by atoms with E-state index in [2.05, 4.69) is 29.1 Å². The van der Waals surface area contributed by atoms with Gasteiger partial charge in [-0.15, -0.1) is 13.2 Å². The zero-order valence-corrected chi connectivity index (χ0v) is 25.5. The lowest BCUT2D eigenvalue weighted by Crippen LogP contribution is -2.60. The first kappa shape index (κ1) is 30.0. The lowest BCUT2D eigenvalue weighted by Gasteiger charge is -2.42. The van der Waals surface area contributed by atoms with Crippen molar-refractivity contribution in [2.45, 2.75) is 86.7 Å². The van der Waals surface area contributed by atoms with Crippen LogP contribution in [0.5, 0.6) is 0 Å². The molecule has 1 aliphatic carbocycles. The van der Waals surface area contributed by atoms with Gasteiger partial charge >= 0.3 is 0 Å². The number of hydrogen-bond acceptors (Lipinski definition) is 5. The van der Waals surface area contributed by atoms with E-state index in [4.69, 9.17) is 4.74 Å². The molecule has 1 N–H and O–H groups in total. The Labute approximate surface area is 251 Å². The van der Waals surface area contributed by atoms with Gasteiger partial charge in [0, 0.05) is 30.5 Å². The minimum Gasteiger partial charge on any atom is -0.394 e. The fourth-order valence-corrected chi connectivity index (χ4v) is 8.64. The fraction of sp³-hybridized carbons (Fsp3) is 0.594. The number of rotatable bonds is 11. The lowest BCUT2D eigenvalue weighted by atomic mass is 9.70. The third-order valence-electron chi connectivity index (χ3n) is 9.49. The van der Waals surface area contributed by atoms with Crippen LogP contribution in [-0.4, -0.2) is 91.9 Å². The highest BCUT2D eigenvalue weighted by atomic mass is 79.9. The van der Waals surface area contributed by atoms with Gasteiger partial charge in [-0.3, -0.25) is 14.4 Å². The van der Waals surface area contributed by atoms with E-state index in [1.165, 1.54) is 4.90 Å². The molecule has 41 heavy (non-hydrogen) atoms. The van der Waals surface area contributed by atoms with Gasteiger partial charge in [0.15, 0.2) is 0 Å². The number of carbonyl (C=O) groups is 3. The van der Waals surface area contributed by atoms with Crippen LogP contribution < -0.4 is 0 Å². The van der Waals surface area contributed by atoms with Crippen molar-refractivity contribution in [3.63, 3.8) is 0 Å². The van der Waals surface area contributed by atoms with Crippen LogP contribution in [0.2, 0.25) is 0 Å². The Morgan fingerprint density at radius 2 is 1.83 bits per heavy atom. The highest BCUT2D eigenvalue weighted by molar-refractivity contribution is 9.09. The average molecular weight is 629 g/mol. The number of carbonyl (C=O) groups excluding carboxylic acids is 3. The standard InChI is InChI=1S/C32H42BrN3O5/c1-4-16-34(19-22-12-8-6-9-13-22)29(38)25-26-30(39)36(21(3)20-37)28(32(26)18-24(33)27(25)41-32)31(40)35(17-5-2)23-14-10-7-11-15-23/h4-6,8-9,12-13,21,23-28,37H,1-2,7,10-11,14-20H2,3H3/t21-,24?,25-,26+,27-,28?,32?/m1/s1. The first-order chi connectivity index (χ1) is 19.8. The van der Waals surface area contributed by atoms with Crippen LogP contribution in [0.25, 0.3) is 0 Å². The maximum absolute atomic E-state index is 14.6. The van der Waals surface area contributed by atoms with E-state index < -0.39 is 35.6 Å². The number of ether oxygens (including phenoxy) is 1. The van der Waals surface area contributed by atoms with Gasteiger partial charge in [0.25, 0.3) is 0 Å². The van der Waals surface area contributed by atoms with Crippen LogP contribution in [0.15, 0.2) is 55.6 Å². The Kier molecular flexibility index (Phi) is 9.07. The summed E-state index contributed by atoms with van der Waals surface area (Å²) in [5.74, 6) is -2.20. The number of aliphatic hydroxyl groups is 1. The van der Waals surface area contributed by atoms with Crippen molar-refractivity contribution in [3.8, 4) is 0 Å². The zero-order chi connectivity index (χ0) is 29.3. The monoisotopic (exact) mass is 627 g/mol. The minimum absolute atomic E-state index is 0.0656. The van der Waals surface area contributed by atoms with Gasteiger partial charge in [0.2, 0.25) is 17.7 Å². The van der Waals surface area contributed by atoms with Crippen LogP contribution >= 0.6 is 15.9 Å². The summed E-state index contributed by atoms with van der Waals surface area (Å²) in [4.78, 5) is 48.2. The summed E-state index contributed by atoms with van der Waals surface area (Å²) in [6.07, 6.45) is 8.41. The molecule has 1 aromatic carbocycles. The lowest BCUT2D eigenvalue weighted by molar-refractivity contribution is -0.153. The molecule has 5 rings (SSSR count). The molecular formula is C32H42BrN3O5. The van der Waals surface area contributed by atoms with E-state index in [0.29, 0.717) is 26.1 Å². The Balaban J connectivity index is 1.53. The van der Waals surface area contributed by atoms with Crippen molar-refractivity contribution in [1.29, 1.82) is 0 Å². The Morgan fingerprint density at radius 3 is 2.46 bits per heavy atom. The average Bonchev–Trinajstić information content (AvgIpc) is 3.58. The first-order valence-electron chi connectivity index (χ1n) is 14.9. The molecule has 9 heteroatoms. The normalized spacial score (nSPS) is 31.5. The van der Waals surface area contributed by atoms with Crippen molar-refractivity contribution in [1.82, 2.24) is 14.7 Å². The third kappa shape index (κ3) is 5.19. The number of fused-ring (bicyclic) bond motifs is 1. The number of likely N-dealkylation sites (tertiary alicyclic amines) is 1. The maximum Gasteiger partial charge on any atom is 0.248 e. The van der Waals surface area contributed by atoms with Crippen molar-refractivity contribution < 1.29 is 24.2 Å². The summed E-state index contributed by atoms with van der Waals surface area (Å²) in [5, 5.41) is 10.2. The molecule has 3 unspecified atom stereocenters. The third-order valence-corrected chi connectivity index (χ3v) is 10.3. The summed E-state index contributed by atoms with van der Waals surface area (Å²) in [7, 11) is 0. The largest absolute Gasteiger partial charge is 0.394 e. The summed E-state index contributed by atoms with van der Waals surface area (Å²) in [5.41, 5.74) is -0.178. The van der Waals surface area contributed by atoms with Gasteiger partial charge in [-0.2, -0.15) is 0 Å². The predicted molar refractivity (Wildman–Crippen MR) is 160 cm³/mol. The molecule has 3 saturated heterocycles. The summed E-state index contributed by atoms with van der Waals surface area (Å²) < 4.78 is 6.72. The first-order valence-corrected chi connectivity index (χ1v) is 15.8. The topological polar surface area (TPSA) is 90.4 Å². The molecule has 4 aliphatic rings. The van der Waals surface area contributed by atoms with E-state index in [-0.39, 0.29) is 35.2 Å². The second kappa shape index (κ2) is 12.4. The van der Waals surface area contributed by atoms with Gasteiger partial charge in [0.1, 0.15) is 11.6 Å². The second-order valence-electron chi connectivity index (χ2n) is 12.0. The molecule has 1 spiro atoms. The van der Waals surface area contributed by atoms with E-state index in [9.17, 15) is 19.5 Å². The number of halogens is 1. The highest BCUT2D eigenvalue weighted by Gasteiger charge is 2.77. The van der Waals surface area contributed by atoms with Gasteiger partial charge in [-0.1, -0.05) is 77.7 Å². The molecule has 1 saturated carbocycles. The molecule has 3 aliphatic heterocycles. The summed E-state index contributed by atoms with van der Waals surface area (Å²) >= 11 is 3.77. The van der Waals surface area contributed by atoms with Gasteiger partial charge < -0.3 is 24.5 Å². The molecule has 0 aromatic heterocycles. The molecule has 0 radical (unpaired) electrons. The molecule has 3 amide bonds. The number of aliphatic hydroxyl groups excluding tert-OH is 1. The van der Waals surface area contributed by atoms with Gasteiger partial charge in [0.05, 0.1) is 30.6 Å². The minimum atomic E-state index is -1.16. The molecule has 4 fully saturated rings. The molecular weight excluding hydrogens is 586 g/mol. The Bertz CT molecular complexity index is 1160. The zero-order valence-electron chi connectivity index (χ0n) is 23.9. The predicted octanol–water partition coefficient (Wildman–Crippen LogP) is 3.68. The molecule has 3 heterocycles. The van der Waals surface area contributed by atoms with Crippen LogP contribution in [0.4, 0.5) is 0 Å². The quantitative estimate of drug-likeness (QED) is 0.299. The van der Waals surface area contributed by atoms with E-state index in [1.807, 2.05) is 35.2 Å². The molecule has 222 valence electrons. The second-order valence-corrected chi connectivity index (χ2v) is 13.2. The molecule has 7 atom stereocenters. The number of alkyl halides is 1. The van der Waals surface area contributed by atoms with Crippen molar-refractivity contribution >= 4 is 33.7 Å². The Morgan fingerprint density at radius 1 is 1.15 bits per heavy atom. The van der Waals surface area contributed by atoms with E-state index in [1.54, 1.807) is 24.0 Å². The molecule has 8 nitrogen and oxygen atoms in total. The van der Waals surface area contributed by atoms with E-state index in [0.717, 1.165) is 37.7 Å². The molecule has 2 bridgehead atoms. The SMILES string of the molecule is C=CCN(Cc1ccccc1)C(=O)[C@H]1[C@@H]2OC3(CC2Br)C(C(=O)N(CC=C)C2CCCCC2)N([C@H](C)CO)C(=O)[C@H]13. The van der Waals surface area contributed by atoms with E-state index >= 15 is 0 Å². The van der Waals surface area contributed by atoms with Crippen LogP contribution in [0.3, 0.4) is 0 Å². The highest BCUT2D eigenvalue weighted by Crippen LogP contribution is 2.61. The number of hydrogen-bond donors (Lipinski definition) is 1. The maximum atomic E-state index is 14.6. The van der Waals surface area contributed by atoms with Crippen LogP contribution in [0.1, 0.15) is 51.0 Å². The van der Waals surface area contributed by atoms with Crippen molar-refractivity contribution in [3.05, 3.63) is 61.2 Å². The van der Waals surface area contributed by atoms with Crippen molar-refractivity contribution in [2.24, 2.45) is 11.8 Å². The number of nitrogens with zero attached hydrogens (tertiary/aromatic N) is 3. The van der Waals surface area contributed by atoms with Crippen LogP contribution in [-0.2, 0) is 25.7 Å². The van der Waals surface area contributed by atoms with Gasteiger partial charge in [-0.25, -0.2) is 0 Å². The summed E-state index contributed by atoms with van der Waals surface area (Å²) in [6, 6.07) is 8.27. The fourth-order valence-electron chi connectivity index (χ4n) is 7.70. The van der Waals surface area contributed by atoms with Crippen LogP contribution in [0, 0.1) is 11.8 Å². The summed E-state index contributed by atoms with van der Waals surface area (Å²) in [6.45, 7) is 10.3. The smallest absolute Gasteiger partial charge is 0.248 e. The molecule has 1 aromatic rings. The number of amides is 3. The number of benzene rings is 1. The van der Waals surface area contributed by atoms with Gasteiger partial charge in [-0.05, 0) is 31.7 Å². The van der Waals surface area contributed by atoms with Crippen molar-refractivity contribution in [2.75, 3.05) is 19.7 Å².